The van der Waals surface area contributed by atoms with Crippen molar-refractivity contribution >= 4 is 17.5 Å². The van der Waals surface area contributed by atoms with Gasteiger partial charge in [-0.1, -0.05) is 5.92 Å². The molecular formula is C24H26N2O4. The molecule has 2 aliphatic rings. The topological polar surface area (TPSA) is 87.5 Å². The van der Waals surface area contributed by atoms with Crippen molar-refractivity contribution in [3.63, 3.8) is 0 Å². The summed E-state index contributed by atoms with van der Waals surface area (Å²) in [6.07, 6.45) is 1.72. The number of carbonyl (C=O) groups is 3. The molecule has 0 bridgehead atoms. The monoisotopic (exact) mass is 406 g/mol. The van der Waals surface area contributed by atoms with E-state index >= 15 is 0 Å². The molecule has 0 atom stereocenters. The maximum atomic E-state index is 13.2. The van der Waals surface area contributed by atoms with Gasteiger partial charge in [-0.05, 0) is 49.8 Å². The van der Waals surface area contributed by atoms with Gasteiger partial charge in [0.15, 0.2) is 0 Å². The molecule has 1 aromatic carbocycles. The molecule has 1 aliphatic carbocycles. The summed E-state index contributed by atoms with van der Waals surface area (Å²) in [5, 5.41) is 8.72. The van der Waals surface area contributed by atoms with E-state index in [1.807, 2.05) is 19.1 Å². The summed E-state index contributed by atoms with van der Waals surface area (Å²) in [6, 6.07) is 5.55. The fraction of sp³-hybridized carbons (Fsp3) is 0.500. The molecule has 1 heterocycles. The first-order valence-electron chi connectivity index (χ1n) is 10.2. The number of Topliss-reactive ketones (excluding diaryl/α,β-unsaturated/α-hetero) is 2. The summed E-state index contributed by atoms with van der Waals surface area (Å²) >= 11 is 0. The number of hydrogen-bond donors (Lipinski definition) is 0. The highest BCUT2D eigenvalue weighted by molar-refractivity contribution is 6.11. The standard InChI is InChI=1S/C24H26N2O4/c1-4-5-17-12-16(2)22(20(13-17)30-3)23-18(27)14-24(15-19(23)28)7-10-26(11-8-24)21(29)6-9-25/h12-13,23H,6-8,10-11,14-15H2,1-3H3. The van der Waals surface area contributed by atoms with Crippen molar-refractivity contribution in [1.29, 1.82) is 5.26 Å². The number of methoxy groups -OCH3 is 1. The lowest BCUT2D eigenvalue weighted by Crippen LogP contribution is -2.48. The number of hydrogen-bond acceptors (Lipinski definition) is 5. The number of nitriles is 1. The Hall–Kier alpha value is -3.12. The van der Waals surface area contributed by atoms with Crippen molar-refractivity contribution in [1.82, 2.24) is 4.90 Å². The van der Waals surface area contributed by atoms with Gasteiger partial charge in [0.05, 0.1) is 13.2 Å². The van der Waals surface area contributed by atoms with E-state index in [1.165, 1.54) is 7.11 Å². The number of likely N-dealkylation sites (tertiary alicyclic amines) is 1. The third kappa shape index (κ3) is 4.09. The van der Waals surface area contributed by atoms with Crippen LogP contribution in [-0.4, -0.2) is 42.6 Å². The number of nitrogens with zero attached hydrogens (tertiary/aromatic N) is 2. The van der Waals surface area contributed by atoms with Crippen molar-refractivity contribution in [3.8, 4) is 23.7 Å². The van der Waals surface area contributed by atoms with E-state index in [-0.39, 0.29) is 29.3 Å². The number of amides is 1. The zero-order chi connectivity index (χ0) is 21.9. The molecule has 0 radical (unpaired) electrons. The van der Waals surface area contributed by atoms with Crippen LogP contribution in [0.15, 0.2) is 12.1 Å². The van der Waals surface area contributed by atoms with Crippen LogP contribution < -0.4 is 4.74 Å². The highest BCUT2D eigenvalue weighted by Crippen LogP contribution is 2.47. The molecule has 1 spiro atoms. The second kappa shape index (κ2) is 8.71. The van der Waals surface area contributed by atoms with E-state index in [4.69, 9.17) is 10.00 Å². The van der Waals surface area contributed by atoms with Gasteiger partial charge in [0.1, 0.15) is 29.7 Å². The Bertz CT molecular complexity index is 965. The predicted octanol–water partition coefficient (Wildman–Crippen LogP) is 2.91. The number of piperidine rings is 1. The van der Waals surface area contributed by atoms with Crippen molar-refractivity contribution in [2.75, 3.05) is 20.2 Å². The predicted molar refractivity (Wildman–Crippen MR) is 111 cm³/mol. The minimum atomic E-state index is -0.813. The number of ketones is 2. The molecule has 0 N–H and O–H groups in total. The largest absolute Gasteiger partial charge is 0.496 e. The highest BCUT2D eigenvalue weighted by atomic mass is 16.5. The molecule has 1 aromatic rings. The maximum Gasteiger partial charge on any atom is 0.236 e. The van der Waals surface area contributed by atoms with Crippen LogP contribution in [-0.2, 0) is 14.4 Å². The summed E-state index contributed by atoms with van der Waals surface area (Å²) in [5.74, 6) is 5.20. The van der Waals surface area contributed by atoms with Crippen LogP contribution in [0.1, 0.15) is 61.6 Å². The lowest BCUT2D eigenvalue weighted by atomic mass is 9.63. The van der Waals surface area contributed by atoms with Crippen molar-refractivity contribution in [3.05, 3.63) is 28.8 Å². The first-order chi connectivity index (χ1) is 14.3. The molecule has 1 saturated carbocycles. The Morgan fingerprint density at radius 2 is 1.87 bits per heavy atom. The van der Waals surface area contributed by atoms with Gasteiger partial charge >= 0.3 is 0 Å². The Morgan fingerprint density at radius 1 is 1.23 bits per heavy atom. The van der Waals surface area contributed by atoms with E-state index in [0.717, 1.165) is 11.1 Å². The average Bonchev–Trinajstić information content (AvgIpc) is 2.69. The van der Waals surface area contributed by atoms with Gasteiger partial charge in [-0.3, -0.25) is 14.4 Å². The van der Waals surface area contributed by atoms with E-state index in [0.29, 0.717) is 50.1 Å². The van der Waals surface area contributed by atoms with Crippen LogP contribution in [0, 0.1) is 35.5 Å². The SMILES string of the molecule is CC#Cc1cc(C)c(C2C(=O)CC3(CCN(C(=O)CC#N)CC3)CC2=O)c(OC)c1. The van der Waals surface area contributed by atoms with Gasteiger partial charge in [-0.15, -0.1) is 5.92 Å². The molecule has 6 heteroatoms. The summed E-state index contributed by atoms with van der Waals surface area (Å²) in [4.78, 5) is 40.0. The first-order valence-corrected chi connectivity index (χ1v) is 10.2. The quantitative estimate of drug-likeness (QED) is 0.569. The number of rotatable bonds is 3. The van der Waals surface area contributed by atoms with E-state index in [9.17, 15) is 14.4 Å². The van der Waals surface area contributed by atoms with Gasteiger partial charge < -0.3 is 9.64 Å². The first kappa shape index (κ1) is 21.6. The fourth-order valence-corrected chi connectivity index (χ4v) is 4.79. The second-order valence-corrected chi connectivity index (χ2v) is 8.22. The maximum absolute atomic E-state index is 13.2. The van der Waals surface area contributed by atoms with Crippen LogP contribution >= 0.6 is 0 Å². The molecule has 0 aromatic heterocycles. The smallest absolute Gasteiger partial charge is 0.236 e. The van der Waals surface area contributed by atoms with E-state index in [2.05, 4.69) is 11.8 Å². The van der Waals surface area contributed by atoms with Crippen LogP contribution in [0.4, 0.5) is 0 Å². The number of aryl methyl sites for hydroxylation is 1. The van der Waals surface area contributed by atoms with E-state index in [1.54, 1.807) is 17.9 Å². The Balaban J connectivity index is 1.82. The summed E-state index contributed by atoms with van der Waals surface area (Å²) in [7, 11) is 1.54. The molecule has 1 saturated heterocycles. The minimum Gasteiger partial charge on any atom is -0.496 e. The van der Waals surface area contributed by atoms with Crippen molar-refractivity contribution < 1.29 is 19.1 Å². The normalized spacial score (nSPS) is 18.5. The molecule has 156 valence electrons. The average molecular weight is 406 g/mol. The fourth-order valence-electron chi connectivity index (χ4n) is 4.79. The third-order valence-electron chi connectivity index (χ3n) is 6.28. The highest BCUT2D eigenvalue weighted by Gasteiger charge is 2.48. The number of carbonyl (C=O) groups excluding carboxylic acids is 3. The van der Waals surface area contributed by atoms with Crippen molar-refractivity contribution in [2.24, 2.45) is 5.41 Å². The second-order valence-electron chi connectivity index (χ2n) is 8.22. The molecular weight excluding hydrogens is 380 g/mol. The van der Waals surface area contributed by atoms with Crippen LogP contribution in [0.3, 0.4) is 0 Å². The Labute approximate surface area is 177 Å². The third-order valence-corrected chi connectivity index (χ3v) is 6.28. The molecule has 1 amide bonds. The lowest BCUT2D eigenvalue weighted by Gasteiger charge is -2.44. The molecule has 30 heavy (non-hydrogen) atoms. The number of benzene rings is 1. The molecule has 1 aliphatic heterocycles. The zero-order valence-corrected chi connectivity index (χ0v) is 17.7. The van der Waals surface area contributed by atoms with Crippen LogP contribution in [0.2, 0.25) is 0 Å². The van der Waals surface area contributed by atoms with Crippen LogP contribution in [0.25, 0.3) is 0 Å². The van der Waals surface area contributed by atoms with Gasteiger partial charge in [0.2, 0.25) is 5.91 Å². The minimum absolute atomic E-state index is 0.0845. The van der Waals surface area contributed by atoms with Gasteiger partial charge in [-0.2, -0.15) is 5.26 Å². The zero-order valence-electron chi connectivity index (χ0n) is 17.7. The number of ether oxygens (including phenoxy) is 1. The van der Waals surface area contributed by atoms with Gasteiger partial charge in [0, 0.05) is 37.1 Å². The van der Waals surface area contributed by atoms with Crippen LogP contribution in [0.5, 0.6) is 5.75 Å². The molecule has 6 nitrogen and oxygen atoms in total. The summed E-state index contributed by atoms with van der Waals surface area (Å²) in [6.45, 7) is 4.60. The van der Waals surface area contributed by atoms with Gasteiger partial charge in [-0.25, -0.2) is 0 Å². The Morgan fingerprint density at radius 3 is 2.40 bits per heavy atom. The Kier molecular flexibility index (Phi) is 6.27. The lowest BCUT2D eigenvalue weighted by molar-refractivity contribution is -0.140. The molecule has 3 rings (SSSR count). The molecule has 0 unspecified atom stereocenters. The summed E-state index contributed by atoms with van der Waals surface area (Å²) < 4.78 is 5.52. The van der Waals surface area contributed by atoms with E-state index < -0.39 is 5.92 Å². The van der Waals surface area contributed by atoms with Gasteiger partial charge in [0.25, 0.3) is 0 Å². The molecule has 2 fully saturated rings. The van der Waals surface area contributed by atoms with Crippen molar-refractivity contribution in [2.45, 2.75) is 51.9 Å². The summed E-state index contributed by atoms with van der Waals surface area (Å²) in [5.41, 5.74) is 1.87.